The molecule has 0 saturated carbocycles. The number of carbonyl (C=O) groups excluding carboxylic acids is 1. The van der Waals surface area contributed by atoms with Crippen LogP contribution in [0.2, 0.25) is 0 Å². The summed E-state index contributed by atoms with van der Waals surface area (Å²) in [5, 5.41) is 24.5. The van der Waals surface area contributed by atoms with Crippen LogP contribution in [-0.2, 0) is 19.2 Å². The second-order valence-electron chi connectivity index (χ2n) is 4.20. The SMILES string of the molecule is NCCCCC(N)C(=O)O.O=C(O)CCCC(=O)C(=O)O. The molecule has 0 aromatic carbocycles. The molecular weight excluding hydrogens is 284 g/mol. The van der Waals surface area contributed by atoms with E-state index in [0.717, 1.165) is 12.8 Å². The highest BCUT2D eigenvalue weighted by molar-refractivity contribution is 6.32. The van der Waals surface area contributed by atoms with E-state index in [1.807, 2.05) is 0 Å². The van der Waals surface area contributed by atoms with Crippen molar-refractivity contribution in [2.75, 3.05) is 6.54 Å². The predicted molar refractivity (Wildman–Crippen MR) is 72.6 cm³/mol. The van der Waals surface area contributed by atoms with E-state index in [0.29, 0.717) is 13.0 Å². The van der Waals surface area contributed by atoms with E-state index in [2.05, 4.69) is 0 Å². The summed E-state index contributed by atoms with van der Waals surface area (Å²) in [6.07, 6.45) is 1.87. The molecule has 9 nitrogen and oxygen atoms in total. The number of aliphatic carboxylic acids is 3. The Morgan fingerprint density at radius 3 is 1.86 bits per heavy atom. The number of Topliss-reactive ketones (excluding diaryl/α,β-unsaturated/α-hetero) is 1. The van der Waals surface area contributed by atoms with Crippen LogP contribution in [0.5, 0.6) is 0 Å². The van der Waals surface area contributed by atoms with Crippen LogP contribution in [0.15, 0.2) is 0 Å². The summed E-state index contributed by atoms with van der Waals surface area (Å²) in [5.41, 5.74) is 10.4. The number of hydrogen-bond donors (Lipinski definition) is 5. The number of hydrogen-bond acceptors (Lipinski definition) is 6. The normalized spacial score (nSPS) is 11.0. The van der Waals surface area contributed by atoms with Crippen LogP contribution >= 0.6 is 0 Å². The molecule has 122 valence electrons. The zero-order valence-electron chi connectivity index (χ0n) is 11.7. The van der Waals surface area contributed by atoms with E-state index in [1.165, 1.54) is 0 Å². The van der Waals surface area contributed by atoms with Gasteiger partial charge in [-0.2, -0.15) is 0 Å². The molecule has 1 atom stereocenters. The number of carboxylic acids is 3. The standard InChI is InChI=1S/C6H14N2O2.C6H8O5/c7-4-2-1-3-5(8)6(9)10;7-4(6(10)11)2-1-3-5(8)9/h5H,1-4,7-8H2,(H,9,10);1-3H2,(H,8,9)(H,10,11). The molecule has 0 saturated heterocycles. The molecule has 0 radical (unpaired) electrons. The third-order valence-corrected chi connectivity index (χ3v) is 2.32. The lowest BCUT2D eigenvalue weighted by Crippen LogP contribution is -2.29. The molecule has 0 aliphatic rings. The fraction of sp³-hybridized carbons (Fsp3) is 0.667. The lowest BCUT2D eigenvalue weighted by Gasteiger charge is -2.03. The van der Waals surface area contributed by atoms with Gasteiger partial charge in [-0.3, -0.25) is 14.4 Å². The van der Waals surface area contributed by atoms with Gasteiger partial charge in [0.05, 0.1) is 0 Å². The lowest BCUT2D eigenvalue weighted by atomic mass is 10.1. The first kappa shape index (κ1) is 21.3. The van der Waals surface area contributed by atoms with Gasteiger partial charge in [-0.1, -0.05) is 6.42 Å². The molecule has 0 spiro atoms. The van der Waals surface area contributed by atoms with Crippen molar-refractivity contribution in [1.29, 1.82) is 0 Å². The van der Waals surface area contributed by atoms with Gasteiger partial charge in [0.15, 0.2) is 0 Å². The van der Waals surface area contributed by atoms with Crippen LogP contribution in [0.1, 0.15) is 38.5 Å². The van der Waals surface area contributed by atoms with Crippen LogP contribution < -0.4 is 11.5 Å². The molecule has 0 amide bonds. The van der Waals surface area contributed by atoms with Crippen LogP contribution in [0.25, 0.3) is 0 Å². The Hall–Kier alpha value is -2.00. The maximum Gasteiger partial charge on any atom is 0.372 e. The number of nitrogens with two attached hydrogens (primary N) is 2. The van der Waals surface area contributed by atoms with Gasteiger partial charge in [0.25, 0.3) is 0 Å². The predicted octanol–water partition coefficient (Wildman–Crippen LogP) is -0.578. The molecule has 0 aliphatic heterocycles. The molecule has 21 heavy (non-hydrogen) atoms. The fourth-order valence-corrected chi connectivity index (χ4v) is 1.14. The van der Waals surface area contributed by atoms with Gasteiger partial charge < -0.3 is 26.8 Å². The van der Waals surface area contributed by atoms with Gasteiger partial charge in [0, 0.05) is 12.8 Å². The maximum atomic E-state index is 10.3. The molecule has 0 aromatic heterocycles. The van der Waals surface area contributed by atoms with Gasteiger partial charge in [-0.25, -0.2) is 4.79 Å². The first-order valence-electron chi connectivity index (χ1n) is 6.38. The van der Waals surface area contributed by atoms with E-state index in [4.69, 9.17) is 26.8 Å². The number of rotatable bonds is 10. The summed E-state index contributed by atoms with van der Waals surface area (Å²) in [4.78, 5) is 40.2. The number of ketones is 1. The average molecular weight is 306 g/mol. The maximum absolute atomic E-state index is 10.3. The molecule has 9 heteroatoms. The Labute approximate surface area is 121 Å². The van der Waals surface area contributed by atoms with Gasteiger partial charge in [-0.15, -0.1) is 0 Å². The van der Waals surface area contributed by atoms with E-state index < -0.39 is 29.7 Å². The van der Waals surface area contributed by atoms with Gasteiger partial charge in [0.2, 0.25) is 5.78 Å². The minimum absolute atomic E-state index is 0.0838. The molecule has 0 aromatic rings. The smallest absolute Gasteiger partial charge is 0.372 e. The zero-order chi connectivity index (χ0) is 16.8. The summed E-state index contributed by atoms with van der Waals surface area (Å²) >= 11 is 0. The van der Waals surface area contributed by atoms with Gasteiger partial charge in [-0.05, 0) is 25.8 Å². The van der Waals surface area contributed by atoms with Crippen LogP contribution in [0.4, 0.5) is 0 Å². The Bertz CT molecular complexity index is 358. The Kier molecular flexibility index (Phi) is 13.2. The Morgan fingerprint density at radius 2 is 1.48 bits per heavy atom. The van der Waals surface area contributed by atoms with E-state index in [-0.39, 0.29) is 19.3 Å². The fourth-order valence-electron chi connectivity index (χ4n) is 1.14. The van der Waals surface area contributed by atoms with E-state index >= 15 is 0 Å². The Balaban J connectivity index is 0. The molecule has 7 N–H and O–H groups in total. The third kappa shape index (κ3) is 15.9. The van der Waals surface area contributed by atoms with Crippen molar-refractivity contribution < 1.29 is 34.5 Å². The molecule has 1 unspecified atom stereocenters. The Morgan fingerprint density at radius 1 is 0.905 bits per heavy atom. The lowest BCUT2D eigenvalue weighted by molar-refractivity contribution is -0.149. The zero-order valence-corrected chi connectivity index (χ0v) is 11.7. The largest absolute Gasteiger partial charge is 0.481 e. The summed E-state index contributed by atoms with van der Waals surface area (Å²) in [5.74, 6) is -4.40. The third-order valence-electron chi connectivity index (χ3n) is 2.32. The van der Waals surface area contributed by atoms with Crippen LogP contribution in [-0.4, -0.2) is 51.6 Å². The summed E-state index contributed by atoms with van der Waals surface area (Å²) in [7, 11) is 0. The molecule has 0 bridgehead atoms. The quantitative estimate of drug-likeness (QED) is 0.260. The number of carbonyl (C=O) groups is 4. The highest BCUT2D eigenvalue weighted by Crippen LogP contribution is 1.97. The van der Waals surface area contributed by atoms with Crippen LogP contribution in [0.3, 0.4) is 0 Å². The van der Waals surface area contributed by atoms with Crippen LogP contribution in [0, 0.1) is 0 Å². The first-order chi connectivity index (χ1) is 9.72. The number of unbranched alkanes of at least 4 members (excludes halogenated alkanes) is 1. The average Bonchev–Trinajstić information content (AvgIpc) is 2.38. The van der Waals surface area contributed by atoms with Crippen molar-refractivity contribution in [3.05, 3.63) is 0 Å². The molecular formula is C12H22N2O7. The van der Waals surface area contributed by atoms with Crippen molar-refractivity contribution in [3.63, 3.8) is 0 Å². The van der Waals surface area contributed by atoms with Gasteiger partial charge in [0.1, 0.15) is 6.04 Å². The van der Waals surface area contributed by atoms with Crippen molar-refractivity contribution in [3.8, 4) is 0 Å². The minimum Gasteiger partial charge on any atom is -0.481 e. The van der Waals surface area contributed by atoms with Gasteiger partial charge >= 0.3 is 17.9 Å². The van der Waals surface area contributed by atoms with Crippen molar-refractivity contribution >= 4 is 23.7 Å². The highest BCUT2D eigenvalue weighted by atomic mass is 16.4. The minimum atomic E-state index is -1.50. The van der Waals surface area contributed by atoms with Crippen molar-refractivity contribution in [1.82, 2.24) is 0 Å². The second-order valence-corrected chi connectivity index (χ2v) is 4.20. The topological polar surface area (TPSA) is 181 Å². The van der Waals surface area contributed by atoms with E-state index in [1.54, 1.807) is 0 Å². The summed E-state index contributed by atoms with van der Waals surface area (Å²) in [6, 6.07) is -0.716. The summed E-state index contributed by atoms with van der Waals surface area (Å²) in [6.45, 7) is 0.604. The van der Waals surface area contributed by atoms with Crippen molar-refractivity contribution in [2.24, 2.45) is 11.5 Å². The molecule has 0 rings (SSSR count). The molecule has 0 heterocycles. The second kappa shape index (κ2) is 13.0. The highest BCUT2D eigenvalue weighted by Gasteiger charge is 2.11. The van der Waals surface area contributed by atoms with E-state index in [9.17, 15) is 19.2 Å². The monoisotopic (exact) mass is 306 g/mol. The first-order valence-corrected chi connectivity index (χ1v) is 6.38. The number of carboxylic acid groups (broad SMARTS) is 3. The molecule has 0 aliphatic carbocycles. The molecule has 0 fully saturated rings. The van der Waals surface area contributed by atoms with Crippen molar-refractivity contribution in [2.45, 2.75) is 44.6 Å². The summed E-state index contributed by atoms with van der Waals surface area (Å²) < 4.78 is 0.